The van der Waals surface area contributed by atoms with Crippen LogP contribution in [0.2, 0.25) is 0 Å². The average Bonchev–Trinajstić information content (AvgIpc) is 2.17. The van der Waals surface area contributed by atoms with Crippen LogP contribution in [0.3, 0.4) is 0 Å². The van der Waals surface area contributed by atoms with Crippen LogP contribution in [-0.4, -0.2) is 11.9 Å². The molecular weight excluding hydrogens is 311 g/mol. The van der Waals surface area contributed by atoms with E-state index in [4.69, 9.17) is 6.13 Å². The van der Waals surface area contributed by atoms with Crippen molar-refractivity contribution in [1.29, 1.82) is 0 Å². The molecule has 0 bridgehead atoms. The number of hydrogen-bond donors (Lipinski definition) is 0. The first-order chi connectivity index (χ1) is 7.09. The summed E-state index contributed by atoms with van der Waals surface area (Å²) in [6.45, 7) is 2.60. The Hall–Kier alpha value is -1.11. The van der Waals surface area contributed by atoms with Crippen molar-refractivity contribution in [3.05, 3.63) is 33.9 Å². The summed E-state index contributed by atoms with van der Waals surface area (Å²) < 4.78 is 10.8. The predicted molar refractivity (Wildman–Crippen MR) is 48.7 cm³/mol. The topological polar surface area (TPSA) is 52.6 Å². The molecule has 0 saturated carbocycles. The van der Waals surface area contributed by atoms with Crippen molar-refractivity contribution in [1.82, 2.24) is 0 Å². The van der Waals surface area contributed by atoms with E-state index in [1.165, 1.54) is 13.8 Å². The van der Waals surface area contributed by atoms with Crippen LogP contribution >= 0.6 is 0 Å². The first-order valence-electron chi connectivity index (χ1n) is 4.22. The van der Waals surface area contributed by atoms with Crippen LogP contribution in [0.15, 0.2) is 30.3 Å². The Morgan fingerprint density at radius 3 is 1.87 bits per heavy atom. The molecule has 0 unspecified atom stereocenters. The molecule has 83 valence electrons. The molecule has 4 nitrogen and oxygen atoms in total. The molecule has 1 radical (unpaired) electrons. The van der Waals surface area contributed by atoms with Gasteiger partial charge in [0.2, 0.25) is 0 Å². The SMILES string of the molecule is CC(=O)O[I-](OC(C)=O)c1ccccc1. The van der Waals surface area contributed by atoms with E-state index >= 15 is 0 Å². The van der Waals surface area contributed by atoms with Gasteiger partial charge in [0.05, 0.1) is 0 Å². The van der Waals surface area contributed by atoms with Crippen molar-refractivity contribution in [3.8, 4) is 0 Å². The monoisotopic (exact) mass is 322 g/mol. The summed E-state index contributed by atoms with van der Waals surface area (Å²) in [5.41, 5.74) is 0. The van der Waals surface area contributed by atoms with E-state index in [1.54, 1.807) is 12.1 Å². The molecular formula is C10H11IO4-. The number of benzene rings is 1. The summed E-state index contributed by atoms with van der Waals surface area (Å²) in [4.78, 5) is 21.7. The van der Waals surface area contributed by atoms with Crippen LogP contribution in [0.4, 0.5) is 0 Å². The van der Waals surface area contributed by atoms with Crippen LogP contribution in [0.5, 0.6) is 0 Å². The quantitative estimate of drug-likeness (QED) is 0.632. The van der Waals surface area contributed by atoms with E-state index in [1.807, 2.05) is 18.2 Å². The third kappa shape index (κ3) is 4.28. The summed E-state index contributed by atoms with van der Waals surface area (Å²) >= 11 is -2.59. The zero-order chi connectivity index (χ0) is 11.3. The predicted octanol–water partition coefficient (Wildman–Crippen LogP) is -1.56. The molecule has 1 rings (SSSR count). The molecule has 0 aliphatic rings. The second-order valence-corrected chi connectivity index (χ2v) is 6.02. The first-order valence-corrected chi connectivity index (χ1v) is 7.07. The molecule has 0 aliphatic carbocycles. The standard InChI is InChI=1S/C10H11IO4/c1-8(12)14-11(15-9(2)13)10-6-4-3-5-7-10/h3-7H,1-2H3/q-1. The Bertz CT molecular complexity index is 334. The summed E-state index contributed by atoms with van der Waals surface area (Å²) in [6, 6.07) is 9.05. The number of carbonyl (C=O) groups excluding carboxylic acids is 2. The van der Waals surface area contributed by atoms with E-state index in [0.717, 1.165) is 3.57 Å². The molecule has 0 saturated heterocycles. The Morgan fingerprint density at radius 1 is 1.00 bits per heavy atom. The van der Waals surface area contributed by atoms with Crippen LogP contribution in [0.1, 0.15) is 13.8 Å². The van der Waals surface area contributed by atoms with E-state index in [0.29, 0.717) is 0 Å². The van der Waals surface area contributed by atoms with Crippen molar-refractivity contribution in [2.75, 3.05) is 0 Å². The van der Waals surface area contributed by atoms with Gasteiger partial charge in [0.25, 0.3) is 0 Å². The fraction of sp³-hybridized carbons (Fsp3) is 0.200. The summed E-state index contributed by atoms with van der Waals surface area (Å²) in [7, 11) is 0. The molecule has 1 aromatic carbocycles. The van der Waals surface area contributed by atoms with Crippen molar-refractivity contribution < 1.29 is 36.4 Å². The third-order valence-electron chi connectivity index (χ3n) is 1.27. The van der Waals surface area contributed by atoms with Crippen molar-refractivity contribution in [2.45, 2.75) is 13.8 Å². The summed E-state index contributed by atoms with van der Waals surface area (Å²) in [6.07, 6.45) is 0. The molecule has 0 aromatic heterocycles. The molecule has 15 heavy (non-hydrogen) atoms. The van der Waals surface area contributed by atoms with Gasteiger partial charge in [-0.05, 0) is 0 Å². The summed E-state index contributed by atoms with van der Waals surface area (Å²) in [5, 5.41) is 0. The average molecular weight is 322 g/mol. The van der Waals surface area contributed by atoms with Gasteiger partial charge in [-0.1, -0.05) is 0 Å². The molecule has 1 aromatic rings. The number of carbonyl (C=O) groups is 2. The van der Waals surface area contributed by atoms with E-state index in [-0.39, 0.29) is 0 Å². The van der Waals surface area contributed by atoms with Crippen LogP contribution in [0.25, 0.3) is 0 Å². The van der Waals surface area contributed by atoms with Gasteiger partial charge in [-0.15, -0.1) is 0 Å². The Labute approximate surface area is 96.1 Å². The number of halogens is 1. The van der Waals surface area contributed by atoms with Crippen molar-refractivity contribution in [3.63, 3.8) is 0 Å². The Kier molecular flexibility index (Phi) is 4.54. The molecule has 0 atom stereocenters. The second kappa shape index (κ2) is 5.69. The molecule has 0 fully saturated rings. The van der Waals surface area contributed by atoms with Gasteiger partial charge in [0, 0.05) is 0 Å². The maximum absolute atomic E-state index is 10.8. The zero-order valence-corrected chi connectivity index (χ0v) is 10.6. The Morgan fingerprint density at radius 2 is 1.47 bits per heavy atom. The number of rotatable bonds is 3. The van der Waals surface area contributed by atoms with Gasteiger partial charge in [-0.25, -0.2) is 0 Å². The van der Waals surface area contributed by atoms with Gasteiger partial charge in [-0.3, -0.25) is 0 Å². The molecule has 0 amide bonds. The normalized spacial score (nSPS) is 10.4. The van der Waals surface area contributed by atoms with Gasteiger partial charge in [0.1, 0.15) is 0 Å². The van der Waals surface area contributed by atoms with E-state index in [9.17, 15) is 9.59 Å². The Balaban J connectivity index is 2.81. The van der Waals surface area contributed by atoms with Gasteiger partial charge in [-0.2, -0.15) is 0 Å². The minimum absolute atomic E-state index is 0.426. The van der Waals surface area contributed by atoms with E-state index in [2.05, 4.69) is 0 Å². The van der Waals surface area contributed by atoms with Gasteiger partial charge < -0.3 is 0 Å². The van der Waals surface area contributed by atoms with Crippen molar-refractivity contribution >= 4 is 11.9 Å². The van der Waals surface area contributed by atoms with Gasteiger partial charge >= 0.3 is 96.1 Å². The van der Waals surface area contributed by atoms with Crippen molar-refractivity contribution in [2.24, 2.45) is 0 Å². The number of hydrogen-bond acceptors (Lipinski definition) is 4. The third-order valence-corrected chi connectivity index (χ3v) is 5.05. The molecule has 0 spiro atoms. The zero-order valence-electron chi connectivity index (χ0n) is 8.40. The van der Waals surface area contributed by atoms with Crippen LogP contribution < -0.4 is 20.6 Å². The fourth-order valence-electron chi connectivity index (χ4n) is 0.820. The van der Waals surface area contributed by atoms with Gasteiger partial charge in [0.15, 0.2) is 0 Å². The second-order valence-electron chi connectivity index (χ2n) is 2.65. The maximum atomic E-state index is 10.8. The fourth-order valence-corrected chi connectivity index (χ4v) is 3.55. The van der Waals surface area contributed by atoms with E-state index < -0.39 is 32.6 Å². The van der Waals surface area contributed by atoms with Crippen LogP contribution in [0, 0.1) is 3.57 Å². The molecule has 5 heteroatoms. The molecule has 0 heterocycles. The molecule has 0 N–H and O–H groups in total. The van der Waals surface area contributed by atoms with Crippen LogP contribution in [-0.2, 0) is 15.7 Å². The summed E-state index contributed by atoms with van der Waals surface area (Å²) in [5.74, 6) is -0.851. The minimum atomic E-state index is -2.59. The molecule has 0 aliphatic heterocycles. The first kappa shape index (κ1) is 12.0.